The van der Waals surface area contributed by atoms with Crippen molar-refractivity contribution in [2.45, 2.75) is 19.5 Å². The summed E-state index contributed by atoms with van der Waals surface area (Å²) in [5.74, 6) is -0.0667. The summed E-state index contributed by atoms with van der Waals surface area (Å²) in [6, 6.07) is 8.28. The van der Waals surface area contributed by atoms with Crippen molar-refractivity contribution in [1.29, 1.82) is 0 Å². The molecule has 1 amide bonds. The minimum atomic E-state index is -0.473. The summed E-state index contributed by atoms with van der Waals surface area (Å²) in [4.78, 5) is 14.5. The Hall–Kier alpha value is -2.22. The lowest BCUT2D eigenvalue weighted by atomic mass is 10.1. The first kappa shape index (κ1) is 17.2. The standard InChI is InChI=1S/C18H16ClFN4OS/c19-13-2-1-11(7-14(13)20)10-24-17(4-6-22-24)23-18(25)16-8-12-9-21-5-3-15(12)26-16/h1-2,4,6-8,21H,3,5,9-10H2,(H,23,25). The van der Waals surface area contributed by atoms with E-state index in [1.54, 1.807) is 23.0 Å². The minimum Gasteiger partial charge on any atom is -0.312 e. The molecule has 1 aliphatic rings. The zero-order valence-electron chi connectivity index (χ0n) is 13.8. The predicted octanol–water partition coefficient (Wildman–Crippen LogP) is 3.68. The van der Waals surface area contributed by atoms with Gasteiger partial charge in [0.25, 0.3) is 5.91 Å². The van der Waals surface area contributed by atoms with Gasteiger partial charge in [-0.2, -0.15) is 5.10 Å². The van der Waals surface area contributed by atoms with Gasteiger partial charge in [-0.3, -0.25) is 4.79 Å². The molecule has 0 saturated heterocycles. The zero-order valence-corrected chi connectivity index (χ0v) is 15.3. The molecule has 0 unspecified atom stereocenters. The van der Waals surface area contributed by atoms with Crippen molar-refractivity contribution in [3.05, 3.63) is 68.2 Å². The molecular formula is C18H16ClFN4OS. The molecule has 1 aromatic carbocycles. The van der Waals surface area contributed by atoms with Gasteiger partial charge in [0.1, 0.15) is 11.6 Å². The number of carbonyl (C=O) groups excluding carboxylic acids is 1. The van der Waals surface area contributed by atoms with Crippen LogP contribution in [0.1, 0.15) is 25.7 Å². The highest BCUT2D eigenvalue weighted by atomic mass is 35.5. The largest absolute Gasteiger partial charge is 0.312 e. The molecule has 0 radical (unpaired) electrons. The van der Waals surface area contributed by atoms with E-state index in [1.807, 2.05) is 6.07 Å². The van der Waals surface area contributed by atoms with Crippen molar-refractivity contribution in [3.63, 3.8) is 0 Å². The molecule has 8 heteroatoms. The summed E-state index contributed by atoms with van der Waals surface area (Å²) in [5.41, 5.74) is 1.90. The van der Waals surface area contributed by atoms with Crippen LogP contribution in [0.25, 0.3) is 0 Å². The van der Waals surface area contributed by atoms with Crippen LogP contribution in [0.4, 0.5) is 10.2 Å². The monoisotopic (exact) mass is 390 g/mol. The third-order valence-electron chi connectivity index (χ3n) is 4.24. The van der Waals surface area contributed by atoms with Crippen molar-refractivity contribution in [2.24, 2.45) is 0 Å². The highest BCUT2D eigenvalue weighted by Gasteiger charge is 2.18. The molecule has 4 rings (SSSR count). The fraction of sp³-hybridized carbons (Fsp3) is 0.222. The highest BCUT2D eigenvalue weighted by Crippen LogP contribution is 2.26. The molecule has 0 atom stereocenters. The third-order valence-corrected chi connectivity index (χ3v) is 5.78. The Kier molecular flexibility index (Phi) is 4.76. The summed E-state index contributed by atoms with van der Waals surface area (Å²) >= 11 is 7.25. The van der Waals surface area contributed by atoms with Crippen LogP contribution in [0.5, 0.6) is 0 Å². The number of nitrogens with zero attached hydrogens (tertiary/aromatic N) is 2. The molecular weight excluding hydrogens is 375 g/mol. The van der Waals surface area contributed by atoms with Gasteiger partial charge in [0.2, 0.25) is 0 Å². The van der Waals surface area contributed by atoms with E-state index in [1.165, 1.54) is 33.9 Å². The number of anilines is 1. The normalized spacial score (nSPS) is 13.5. The predicted molar refractivity (Wildman–Crippen MR) is 100 cm³/mol. The van der Waals surface area contributed by atoms with Gasteiger partial charge >= 0.3 is 0 Å². The van der Waals surface area contributed by atoms with Gasteiger partial charge < -0.3 is 10.6 Å². The van der Waals surface area contributed by atoms with Crippen LogP contribution in [-0.2, 0) is 19.5 Å². The number of halogens is 2. The molecule has 3 heterocycles. The summed E-state index contributed by atoms with van der Waals surface area (Å²) < 4.78 is 15.2. The SMILES string of the molecule is O=C(Nc1ccnn1Cc1ccc(Cl)c(F)c1)c1cc2c(s1)CCNC2. The Morgan fingerprint density at radius 2 is 2.27 bits per heavy atom. The Morgan fingerprint density at radius 1 is 1.38 bits per heavy atom. The third kappa shape index (κ3) is 3.51. The highest BCUT2D eigenvalue weighted by molar-refractivity contribution is 7.14. The van der Waals surface area contributed by atoms with E-state index >= 15 is 0 Å². The van der Waals surface area contributed by atoms with E-state index < -0.39 is 5.82 Å². The maximum absolute atomic E-state index is 13.6. The average molecular weight is 391 g/mol. The first-order chi connectivity index (χ1) is 12.6. The average Bonchev–Trinajstić information content (AvgIpc) is 3.25. The van der Waals surface area contributed by atoms with E-state index in [0.717, 1.165) is 19.5 Å². The number of hydrogen-bond acceptors (Lipinski definition) is 4. The summed E-state index contributed by atoms with van der Waals surface area (Å²) in [5, 5.41) is 10.5. The number of aromatic nitrogens is 2. The van der Waals surface area contributed by atoms with E-state index in [2.05, 4.69) is 15.7 Å². The van der Waals surface area contributed by atoms with Gasteiger partial charge in [0, 0.05) is 24.0 Å². The fourth-order valence-corrected chi connectivity index (χ4v) is 4.11. The smallest absolute Gasteiger partial charge is 0.266 e. The first-order valence-corrected chi connectivity index (χ1v) is 9.39. The van der Waals surface area contributed by atoms with Crippen molar-refractivity contribution in [2.75, 3.05) is 11.9 Å². The molecule has 0 saturated carbocycles. The molecule has 134 valence electrons. The number of benzene rings is 1. The van der Waals surface area contributed by atoms with Crippen molar-refractivity contribution >= 4 is 34.7 Å². The lowest BCUT2D eigenvalue weighted by Gasteiger charge is -2.10. The minimum absolute atomic E-state index is 0.0823. The second kappa shape index (κ2) is 7.19. The number of amides is 1. The van der Waals surface area contributed by atoms with Gasteiger partial charge in [-0.05, 0) is 35.7 Å². The lowest BCUT2D eigenvalue weighted by Crippen LogP contribution is -2.21. The van der Waals surface area contributed by atoms with E-state index in [0.29, 0.717) is 22.8 Å². The quantitative estimate of drug-likeness (QED) is 0.714. The molecule has 0 aliphatic carbocycles. The van der Waals surface area contributed by atoms with Crippen LogP contribution in [-0.4, -0.2) is 22.2 Å². The molecule has 2 N–H and O–H groups in total. The van der Waals surface area contributed by atoms with Gasteiger partial charge in [0.05, 0.1) is 22.6 Å². The van der Waals surface area contributed by atoms with Crippen molar-refractivity contribution in [1.82, 2.24) is 15.1 Å². The molecule has 0 bridgehead atoms. The van der Waals surface area contributed by atoms with Crippen molar-refractivity contribution in [3.8, 4) is 0 Å². The van der Waals surface area contributed by atoms with Gasteiger partial charge in [-0.25, -0.2) is 9.07 Å². The number of rotatable bonds is 4. The second-order valence-electron chi connectivity index (χ2n) is 6.06. The van der Waals surface area contributed by atoms with Gasteiger partial charge in [0.15, 0.2) is 0 Å². The summed E-state index contributed by atoms with van der Waals surface area (Å²) in [7, 11) is 0. The fourth-order valence-electron chi connectivity index (χ4n) is 2.92. The van der Waals surface area contributed by atoms with Gasteiger partial charge in [-0.15, -0.1) is 11.3 Å². The molecule has 1 aliphatic heterocycles. The Morgan fingerprint density at radius 3 is 3.08 bits per heavy atom. The molecule has 5 nitrogen and oxygen atoms in total. The van der Waals surface area contributed by atoms with Crippen LogP contribution < -0.4 is 10.6 Å². The topological polar surface area (TPSA) is 59.0 Å². The van der Waals surface area contributed by atoms with Crippen LogP contribution in [0.15, 0.2) is 36.5 Å². The second-order valence-corrected chi connectivity index (χ2v) is 7.61. The number of carbonyl (C=O) groups is 1. The number of hydrogen-bond donors (Lipinski definition) is 2. The Labute approximate surface area is 158 Å². The van der Waals surface area contributed by atoms with Crippen LogP contribution in [0, 0.1) is 5.82 Å². The Balaban J connectivity index is 1.50. The van der Waals surface area contributed by atoms with Crippen LogP contribution >= 0.6 is 22.9 Å². The summed E-state index contributed by atoms with van der Waals surface area (Å²) in [6.45, 7) is 2.08. The molecule has 0 fully saturated rings. The lowest BCUT2D eigenvalue weighted by molar-refractivity contribution is 0.102. The van der Waals surface area contributed by atoms with E-state index in [4.69, 9.17) is 11.6 Å². The van der Waals surface area contributed by atoms with Crippen molar-refractivity contribution < 1.29 is 9.18 Å². The van der Waals surface area contributed by atoms with Crippen LogP contribution in [0.2, 0.25) is 5.02 Å². The Bertz CT molecular complexity index is 945. The molecule has 26 heavy (non-hydrogen) atoms. The maximum Gasteiger partial charge on any atom is 0.266 e. The number of fused-ring (bicyclic) bond motifs is 1. The molecule has 3 aromatic rings. The van der Waals surface area contributed by atoms with E-state index in [9.17, 15) is 9.18 Å². The molecule has 2 aromatic heterocycles. The maximum atomic E-state index is 13.6. The van der Waals surface area contributed by atoms with Crippen LogP contribution in [0.3, 0.4) is 0 Å². The number of nitrogens with one attached hydrogen (secondary N) is 2. The zero-order chi connectivity index (χ0) is 18.1. The van der Waals surface area contributed by atoms with E-state index in [-0.39, 0.29) is 10.9 Å². The number of thiophene rings is 1. The first-order valence-electron chi connectivity index (χ1n) is 8.19. The molecule has 0 spiro atoms. The van der Waals surface area contributed by atoms with Gasteiger partial charge in [-0.1, -0.05) is 17.7 Å². The summed E-state index contributed by atoms with van der Waals surface area (Å²) in [6.07, 6.45) is 2.55.